The largest absolute Gasteiger partial charge is 0.393 e. The Morgan fingerprint density at radius 2 is 1.88 bits per heavy atom. The van der Waals surface area contributed by atoms with Gasteiger partial charge in [0.15, 0.2) is 5.78 Å². The van der Waals surface area contributed by atoms with Crippen LogP contribution in [0.4, 0.5) is 0 Å². The molecule has 5 aliphatic carbocycles. The Morgan fingerprint density at radius 1 is 1.16 bits per heavy atom. The summed E-state index contributed by atoms with van der Waals surface area (Å²) in [6, 6.07) is 0. The van der Waals surface area contributed by atoms with Crippen LogP contribution in [0.25, 0.3) is 0 Å². The van der Waals surface area contributed by atoms with E-state index in [4.69, 9.17) is 0 Å². The van der Waals surface area contributed by atoms with Gasteiger partial charge in [-0.3, -0.25) is 9.59 Å². The number of carbonyl (C=O) groups is 2. The van der Waals surface area contributed by atoms with Crippen molar-refractivity contribution in [1.29, 1.82) is 0 Å². The van der Waals surface area contributed by atoms with Crippen molar-refractivity contribution in [2.75, 3.05) is 0 Å². The molecule has 178 valence electrons. The van der Waals surface area contributed by atoms with Crippen LogP contribution in [0.15, 0.2) is 12.2 Å². The van der Waals surface area contributed by atoms with Crippen molar-refractivity contribution < 1.29 is 14.7 Å². The van der Waals surface area contributed by atoms with Crippen molar-refractivity contribution in [1.82, 2.24) is 0 Å². The van der Waals surface area contributed by atoms with E-state index in [1.54, 1.807) is 0 Å². The molecule has 5 rings (SSSR count). The fourth-order valence-corrected chi connectivity index (χ4v) is 9.49. The Balaban J connectivity index is 1.34. The zero-order valence-corrected chi connectivity index (χ0v) is 20.7. The molecule has 11 atom stereocenters. The summed E-state index contributed by atoms with van der Waals surface area (Å²) in [5, 5.41) is 11.6. The van der Waals surface area contributed by atoms with E-state index in [-0.39, 0.29) is 28.6 Å². The summed E-state index contributed by atoms with van der Waals surface area (Å²) in [6.45, 7) is 13.6. The fourth-order valence-electron chi connectivity index (χ4n) is 9.49. The van der Waals surface area contributed by atoms with Gasteiger partial charge in [-0.25, -0.2) is 0 Å². The van der Waals surface area contributed by atoms with E-state index in [0.29, 0.717) is 47.7 Å². The molecule has 5 aliphatic rings. The first-order valence-electron chi connectivity index (χ1n) is 13.5. The summed E-state index contributed by atoms with van der Waals surface area (Å²) >= 11 is 0. The Labute approximate surface area is 194 Å². The topological polar surface area (TPSA) is 54.4 Å². The quantitative estimate of drug-likeness (QED) is 0.534. The normalized spacial score (nSPS) is 50.7. The van der Waals surface area contributed by atoms with Crippen LogP contribution in [0, 0.1) is 58.2 Å². The lowest BCUT2D eigenvalue weighted by molar-refractivity contribution is -0.164. The number of aliphatic hydroxyl groups excluding tert-OH is 1. The summed E-state index contributed by atoms with van der Waals surface area (Å²) < 4.78 is 0. The smallest absolute Gasteiger partial charge is 0.158 e. The number of rotatable bonds is 5. The molecule has 0 radical (unpaired) electrons. The van der Waals surface area contributed by atoms with E-state index < -0.39 is 0 Å². The van der Waals surface area contributed by atoms with E-state index in [2.05, 4.69) is 34.3 Å². The van der Waals surface area contributed by atoms with Gasteiger partial charge in [0.2, 0.25) is 0 Å². The molecule has 32 heavy (non-hydrogen) atoms. The van der Waals surface area contributed by atoms with E-state index >= 15 is 0 Å². The molecular formula is C29H44O3. The van der Waals surface area contributed by atoms with Gasteiger partial charge in [0, 0.05) is 24.7 Å². The molecule has 0 aromatic carbocycles. The van der Waals surface area contributed by atoms with Crippen LogP contribution in [-0.4, -0.2) is 22.8 Å². The number of ketones is 2. The highest BCUT2D eigenvalue weighted by Gasteiger charge is 2.63. The minimum absolute atomic E-state index is 0.123. The zero-order chi connectivity index (χ0) is 23.0. The zero-order valence-electron chi connectivity index (χ0n) is 20.7. The molecule has 0 aliphatic heterocycles. The minimum atomic E-state index is -0.375. The van der Waals surface area contributed by atoms with Gasteiger partial charge in [0.1, 0.15) is 5.78 Å². The summed E-state index contributed by atoms with van der Waals surface area (Å²) in [5.41, 5.74) is 0.772. The third kappa shape index (κ3) is 3.31. The highest BCUT2D eigenvalue weighted by molar-refractivity contribution is 5.95. The molecule has 4 unspecified atom stereocenters. The Bertz CT molecular complexity index is 815. The first kappa shape index (κ1) is 22.8. The van der Waals surface area contributed by atoms with Crippen LogP contribution in [0.2, 0.25) is 0 Å². The second kappa shape index (κ2) is 7.79. The second-order valence-corrected chi connectivity index (χ2v) is 13.2. The lowest BCUT2D eigenvalue weighted by Crippen LogP contribution is -2.58. The number of allylic oxidation sites excluding steroid dienone is 1. The standard InChI is InChI=1S/C29H44O3/c1-16-12-22(16)17(2)13-26(31)18(3)23-8-9-24-21-7-6-19-14-20(30)10-11-28(19,4)25(21)15-27(32)29(23,24)5/h16-17,19,21-25,27,32H,3,6-15H2,1-2,4-5H3/t16-,17-,19?,21?,22-,23-,24?,25?,27-,28+,29-/m1/s1. The molecular weight excluding hydrogens is 396 g/mol. The average Bonchev–Trinajstić information content (AvgIpc) is 3.37. The third-order valence-corrected chi connectivity index (χ3v) is 11.8. The van der Waals surface area contributed by atoms with Crippen molar-refractivity contribution in [2.24, 2.45) is 58.2 Å². The number of fused-ring (bicyclic) bond motifs is 5. The maximum absolute atomic E-state index is 13.2. The molecule has 0 amide bonds. The number of aliphatic hydroxyl groups is 1. The maximum atomic E-state index is 13.2. The first-order chi connectivity index (χ1) is 15.1. The highest BCUT2D eigenvalue weighted by atomic mass is 16.3. The lowest BCUT2D eigenvalue weighted by Gasteiger charge is -2.61. The maximum Gasteiger partial charge on any atom is 0.158 e. The van der Waals surface area contributed by atoms with Crippen molar-refractivity contribution in [3.63, 3.8) is 0 Å². The summed E-state index contributed by atoms with van der Waals surface area (Å²) in [5.74, 6) is 4.85. The van der Waals surface area contributed by atoms with Gasteiger partial charge in [-0.05, 0) is 103 Å². The van der Waals surface area contributed by atoms with Crippen molar-refractivity contribution >= 4 is 11.6 Å². The van der Waals surface area contributed by atoms with Crippen LogP contribution < -0.4 is 0 Å². The number of Topliss-reactive ketones (excluding diaryl/α,β-unsaturated/α-hetero) is 2. The second-order valence-electron chi connectivity index (χ2n) is 13.2. The van der Waals surface area contributed by atoms with Crippen LogP contribution >= 0.6 is 0 Å². The highest BCUT2D eigenvalue weighted by Crippen LogP contribution is 2.68. The van der Waals surface area contributed by atoms with Crippen LogP contribution in [0.3, 0.4) is 0 Å². The molecule has 5 saturated carbocycles. The molecule has 5 fully saturated rings. The van der Waals surface area contributed by atoms with Gasteiger partial charge in [-0.15, -0.1) is 0 Å². The van der Waals surface area contributed by atoms with Crippen LogP contribution in [0.1, 0.15) is 91.9 Å². The lowest BCUT2D eigenvalue weighted by atomic mass is 9.44. The Morgan fingerprint density at radius 3 is 2.56 bits per heavy atom. The van der Waals surface area contributed by atoms with E-state index in [0.717, 1.165) is 56.4 Å². The third-order valence-electron chi connectivity index (χ3n) is 11.8. The van der Waals surface area contributed by atoms with Crippen molar-refractivity contribution in [2.45, 2.75) is 98.0 Å². The monoisotopic (exact) mass is 440 g/mol. The number of carbonyl (C=O) groups excluding carboxylic acids is 2. The molecule has 0 bridgehead atoms. The van der Waals surface area contributed by atoms with Gasteiger partial charge in [-0.1, -0.05) is 34.3 Å². The molecule has 0 aromatic rings. The molecule has 3 nitrogen and oxygen atoms in total. The van der Waals surface area contributed by atoms with Crippen molar-refractivity contribution in [3.05, 3.63) is 12.2 Å². The average molecular weight is 441 g/mol. The molecule has 3 heteroatoms. The number of hydrogen-bond acceptors (Lipinski definition) is 3. The van der Waals surface area contributed by atoms with E-state index in [1.165, 1.54) is 12.8 Å². The Hall–Kier alpha value is -0.960. The molecule has 0 aromatic heterocycles. The first-order valence-corrected chi connectivity index (χ1v) is 13.5. The van der Waals surface area contributed by atoms with Crippen LogP contribution in [-0.2, 0) is 9.59 Å². The fraction of sp³-hybridized carbons (Fsp3) is 0.862. The van der Waals surface area contributed by atoms with Gasteiger partial charge in [0.05, 0.1) is 6.10 Å². The summed E-state index contributed by atoms with van der Waals surface area (Å²) in [7, 11) is 0. The number of hydrogen-bond donors (Lipinski definition) is 1. The molecule has 0 spiro atoms. The Kier molecular flexibility index (Phi) is 5.55. The SMILES string of the molecule is C=C(C(=O)C[C@@H](C)[C@@H]1C[C@H]1C)[C@H]1CCC2C3CCC4CC(=O)CC[C@]4(C)C3C[C@@H](O)[C@@]21C. The minimum Gasteiger partial charge on any atom is -0.393 e. The molecule has 0 saturated heterocycles. The van der Waals surface area contributed by atoms with Gasteiger partial charge >= 0.3 is 0 Å². The van der Waals surface area contributed by atoms with E-state index in [1.807, 2.05) is 0 Å². The summed E-state index contributed by atoms with van der Waals surface area (Å²) in [6.07, 6.45) is 9.29. The van der Waals surface area contributed by atoms with Crippen LogP contribution in [0.5, 0.6) is 0 Å². The predicted molar refractivity (Wildman–Crippen MR) is 127 cm³/mol. The summed E-state index contributed by atoms with van der Waals surface area (Å²) in [4.78, 5) is 25.4. The van der Waals surface area contributed by atoms with Gasteiger partial charge in [0.25, 0.3) is 0 Å². The predicted octanol–water partition coefficient (Wildman–Crippen LogP) is 5.99. The molecule has 1 N–H and O–H groups in total. The van der Waals surface area contributed by atoms with Gasteiger partial charge < -0.3 is 5.11 Å². The van der Waals surface area contributed by atoms with E-state index in [9.17, 15) is 14.7 Å². The van der Waals surface area contributed by atoms with Gasteiger partial charge in [-0.2, -0.15) is 0 Å². The van der Waals surface area contributed by atoms with Crippen molar-refractivity contribution in [3.8, 4) is 0 Å². The molecule has 0 heterocycles.